The molecular weight excluding hydrogens is 270 g/mol. The highest BCUT2D eigenvalue weighted by Gasteiger charge is 2.22. The molecule has 0 bridgehead atoms. The van der Waals surface area contributed by atoms with Crippen molar-refractivity contribution >= 4 is 17.6 Å². The third-order valence-corrected chi connectivity index (χ3v) is 4.37. The molecule has 112 valence electrons. The van der Waals surface area contributed by atoms with Gasteiger partial charge in [-0.1, -0.05) is 20.8 Å². The minimum atomic E-state index is 0.0378. The number of aromatic nitrogens is 2. The van der Waals surface area contributed by atoms with Crippen molar-refractivity contribution in [2.24, 2.45) is 0 Å². The standard InChI is InChI=1S/C15H25N3OS/c1-5-6-16-15-13(10(2)3)11(4)17-14(18-15)12-9-20-8-7-19-12/h10,12H,5-9H2,1-4H3,(H,16,17,18). The van der Waals surface area contributed by atoms with Crippen LogP contribution in [-0.4, -0.2) is 34.6 Å². The Morgan fingerprint density at radius 2 is 2.20 bits per heavy atom. The fourth-order valence-electron chi connectivity index (χ4n) is 2.45. The Morgan fingerprint density at radius 1 is 1.40 bits per heavy atom. The minimum absolute atomic E-state index is 0.0378. The average Bonchev–Trinajstić information content (AvgIpc) is 2.45. The van der Waals surface area contributed by atoms with Crippen LogP contribution in [0.3, 0.4) is 0 Å². The van der Waals surface area contributed by atoms with Gasteiger partial charge in [-0.15, -0.1) is 0 Å². The van der Waals surface area contributed by atoms with E-state index in [-0.39, 0.29) is 6.10 Å². The number of nitrogens with zero attached hydrogens (tertiary/aromatic N) is 2. The topological polar surface area (TPSA) is 47.0 Å². The molecular formula is C15H25N3OS. The number of hydrogen-bond donors (Lipinski definition) is 1. The second-order valence-corrected chi connectivity index (χ2v) is 6.60. The minimum Gasteiger partial charge on any atom is -0.370 e. The van der Waals surface area contributed by atoms with E-state index in [4.69, 9.17) is 14.7 Å². The van der Waals surface area contributed by atoms with E-state index in [1.807, 2.05) is 11.8 Å². The van der Waals surface area contributed by atoms with Gasteiger partial charge in [0.2, 0.25) is 0 Å². The highest BCUT2D eigenvalue weighted by Crippen LogP contribution is 2.30. The molecule has 1 aromatic heterocycles. The Bertz CT molecular complexity index is 445. The first-order valence-electron chi connectivity index (χ1n) is 7.45. The quantitative estimate of drug-likeness (QED) is 0.900. The van der Waals surface area contributed by atoms with Crippen LogP contribution in [-0.2, 0) is 4.74 Å². The highest BCUT2D eigenvalue weighted by atomic mass is 32.2. The molecule has 1 unspecified atom stereocenters. The summed E-state index contributed by atoms with van der Waals surface area (Å²) in [4.78, 5) is 9.45. The normalized spacial score (nSPS) is 19.4. The van der Waals surface area contributed by atoms with E-state index in [2.05, 4.69) is 33.0 Å². The van der Waals surface area contributed by atoms with Crippen LogP contribution in [0.2, 0.25) is 0 Å². The molecule has 4 nitrogen and oxygen atoms in total. The van der Waals surface area contributed by atoms with Crippen molar-refractivity contribution in [3.05, 3.63) is 17.1 Å². The summed E-state index contributed by atoms with van der Waals surface area (Å²) in [6.07, 6.45) is 1.13. The molecule has 1 aliphatic heterocycles. The van der Waals surface area contributed by atoms with E-state index >= 15 is 0 Å². The molecule has 1 saturated heterocycles. The Hall–Kier alpha value is -0.810. The largest absolute Gasteiger partial charge is 0.370 e. The predicted octanol–water partition coefficient (Wildman–Crippen LogP) is 3.53. The van der Waals surface area contributed by atoms with E-state index in [1.54, 1.807) is 0 Å². The number of rotatable bonds is 5. The van der Waals surface area contributed by atoms with Gasteiger partial charge in [0.25, 0.3) is 0 Å². The van der Waals surface area contributed by atoms with E-state index < -0.39 is 0 Å². The zero-order valence-electron chi connectivity index (χ0n) is 12.9. The molecule has 2 heterocycles. The molecule has 0 aliphatic carbocycles. The lowest BCUT2D eigenvalue weighted by atomic mass is 10.0. The van der Waals surface area contributed by atoms with Crippen LogP contribution in [0.4, 0.5) is 5.82 Å². The van der Waals surface area contributed by atoms with Crippen molar-refractivity contribution in [1.82, 2.24) is 9.97 Å². The first kappa shape index (κ1) is 15.6. The van der Waals surface area contributed by atoms with Crippen molar-refractivity contribution in [3.63, 3.8) is 0 Å². The molecule has 2 rings (SSSR count). The molecule has 0 amide bonds. The summed E-state index contributed by atoms with van der Waals surface area (Å²) in [7, 11) is 0. The van der Waals surface area contributed by atoms with E-state index in [1.165, 1.54) is 5.56 Å². The summed E-state index contributed by atoms with van der Waals surface area (Å²) < 4.78 is 5.81. The molecule has 1 aliphatic rings. The van der Waals surface area contributed by atoms with Gasteiger partial charge < -0.3 is 10.1 Å². The van der Waals surface area contributed by atoms with Crippen LogP contribution in [0, 0.1) is 6.92 Å². The van der Waals surface area contributed by atoms with Gasteiger partial charge in [-0.05, 0) is 19.3 Å². The summed E-state index contributed by atoms with van der Waals surface area (Å²) >= 11 is 1.91. The molecule has 1 atom stereocenters. The zero-order valence-corrected chi connectivity index (χ0v) is 13.7. The Morgan fingerprint density at radius 3 is 2.80 bits per heavy atom. The Balaban J connectivity index is 2.31. The molecule has 0 spiro atoms. The van der Waals surface area contributed by atoms with Crippen molar-refractivity contribution in [3.8, 4) is 0 Å². The van der Waals surface area contributed by atoms with E-state index in [0.717, 1.165) is 48.4 Å². The summed E-state index contributed by atoms with van der Waals surface area (Å²) in [5.41, 5.74) is 2.30. The lowest BCUT2D eigenvalue weighted by Crippen LogP contribution is -2.20. The van der Waals surface area contributed by atoms with Crippen LogP contribution in [0.1, 0.15) is 56.3 Å². The first-order chi connectivity index (χ1) is 9.63. The molecule has 0 aromatic carbocycles. The van der Waals surface area contributed by atoms with Crippen LogP contribution >= 0.6 is 11.8 Å². The number of aryl methyl sites for hydroxylation is 1. The van der Waals surface area contributed by atoms with Gasteiger partial charge in [0.1, 0.15) is 11.9 Å². The van der Waals surface area contributed by atoms with Gasteiger partial charge in [0.15, 0.2) is 5.82 Å². The number of nitrogens with one attached hydrogen (secondary N) is 1. The van der Waals surface area contributed by atoms with Crippen molar-refractivity contribution < 1.29 is 4.74 Å². The average molecular weight is 295 g/mol. The van der Waals surface area contributed by atoms with Crippen molar-refractivity contribution in [2.75, 3.05) is 30.0 Å². The first-order valence-corrected chi connectivity index (χ1v) is 8.60. The maximum Gasteiger partial charge on any atom is 0.160 e. The maximum absolute atomic E-state index is 5.81. The second kappa shape index (κ2) is 7.27. The Labute approximate surface area is 126 Å². The number of thioether (sulfide) groups is 1. The molecule has 0 radical (unpaired) electrons. The second-order valence-electron chi connectivity index (χ2n) is 5.45. The van der Waals surface area contributed by atoms with Gasteiger partial charge in [0, 0.05) is 29.3 Å². The highest BCUT2D eigenvalue weighted by molar-refractivity contribution is 7.99. The van der Waals surface area contributed by atoms with Crippen molar-refractivity contribution in [1.29, 1.82) is 0 Å². The maximum atomic E-state index is 5.81. The fraction of sp³-hybridized carbons (Fsp3) is 0.733. The van der Waals surface area contributed by atoms with Crippen molar-refractivity contribution in [2.45, 2.75) is 46.1 Å². The monoisotopic (exact) mass is 295 g/mol. The van der Waals surface area contributed by atoms with Gasteiger partial charge in [-0.3, -0.25) is 0 Å². The smallest absolute Gasteiger partial charge is 0.160 e. The Kier molecular flexibility index (Phi) is 5.66. The molecule has 0 saturated carbocycles. The van der Waals surface area contributed by atoms with Gasteiger partial charge >= 0.3 is 0 Å². The zero-order chi connectivity index (χ0) is 14.5. The molecule has 1 aromatic rings. The third-order valence-electron chi connectivity index (χ3n) is 3.38. The summed E-state index contributed by atoms with van der Waals surface area (Å²) in [6, 6.07) is 0. The molecule has 20 heavy (non-hydrogen) atoms. The number of anilines is 1. The van der Waals surface area contributed by atoms with Gasteiger partial charge in [0.05, 0.1) is 6.61 Å². The predicted molar refractivity (Wildman–Crippen MR) is 85.7 cm³/mol. The SMILES string of the molecule is CCCNc1nc(C2CSCCO2)nc(C)c1C(C)C. The fourth-order valence-corrected chi connectivity index (χ4v) is 3.29. The van der Waals surface area contributed by atoms with Crippen LogP contribution in [0.5, 0.6) is 0 Å². The molecule has 1 fully saturated rings. The van der Waals surface area contributed by atoms with Crippen LogP contribution in [0.25, 0.3) is 0 Å². The van der Waals surface area contributed by atoms with Gasteiger partial charge in [-0.25, -0.2) is 9.97 Å². The number of ether oxygens (including phenoxy) is 1. The van der Waals surface area contributed by atoms with Crippen LogP contribution in [0.15, 0.2) is 0 Å². The van der Waals surface area contributed by atoms with E-state index in [9.17, 15) is 0 Å². The molecule has 1 N–H and O–H groups in total. The molecule has 5 heteroatoms. The summed E-state index contributed by atoms with van der Waals surface area (Å²) in [5, 5.41) is 3.45. The van der Waals surface area contributed by atoms with E-state index in [0.29, 0.717) is 5.92 Å². The van der Waals surface area contributed by atoms with Gasteiger partial charge in [-0.2, -0.15) is 11.8 Å². The summed E-state index contributed by atoms with van der Waals surface area (Å²) in [5.74, 6) is 4.26. The number of hydrogen-bond acceptors (Lipinski definition) is 5. The third kappa shape index (κ3) is 3.64. The van der Waals surface area contributed by atoms with Crippen LogP contribution < -0.4 is 5.32 Å². The summed E-state index contributed by atoms with van der Waals surface area (Å²) in [6.45, 7) is 10.4. The lowest BCUT2D eigenvalue weighted by Gasteiger charge is -2.23. The lowest BCUT2D eigenvalue weighted by molar-refractivity contribution is 0.0693.